The first-order valence-electron chi connectivity index (χ1n) is 9.90. The Morgan fingerprint density at radius 1 is 1.17 bits per heavy atom. The lowest BCUT2D eigenvalue weighted by molar-refractivity contribution is 0.102. The van der Waals surface area contributed by atoms with Gasteiger partial charge in [-0.25, -0.2) is 4.98 Å². The molecule has 1 fully saturated rings. The topological polar surface area (TPSA) is 67.5 Å². The Morgan fingerprint density at radius 3 is 2.83 bits per heavy atom. The number of benzene rings is 1. The average Bonchev–Trinajstić information content (AvgIpc) is 3.37. The minimum absolute atomic E-state index is 0.139. The largest absolute Gasteiger partial charge is 0.321 e. The standard InChI is InChI=1S/C22H24N6O/c1-14-8-20(26(2)11-14)18-13-28-12-17(5-7-21(28)25-18)24-22(29)15-4-6-19-16(9-15)10-23-27(19)3/h4-7,9-10,12-14,20H,8,11H2,1-3H3,(H,24,29). The number of carbonyl (C=O) groups excluding carboxylic acids is 1. The number of aromatic nitrogens is 4. The smallest absolute Gasteiger partial charge is 0.255 e. The van der Waals surface area contributed by atoms with Gasteiger partial charge < -0.3 is 9.72 Å². The molecular weight excluding hydrogens is 364 g/mol. The number of aryl methyl sites for hydroxylation is 1. The van der Waals surface area contributed by atoms with Crippen LogP contribution in [0, 0.1) is 5.92 Å². The Labute approximate surface area is 169 Å². The Balaban J connectivity index is 1.39. The lowest BCUT2D eigenvalue weighted by atomic mass is 10.1. The summed E-state index contributed by atoms with van der Waals surface area (Å²) in [5.74, 6) is 0.543. The Hall–Kier alpha value is -3.19. The predicted molar refractivity (Wildman–Crippen MR) is 113 cm³/mol. The van der Waals surface area contributed by atoms with E-state index >= 15 is 0 Å². The highest BCUT2D eigenvalue weighted by atomic mass is 16.1. The molecule has 3 aromatic heterocycles. The van der Waals surface area contributed by atoms with Gasteiger partial charge in [-0.05, 0) is 49.7 Å². The fraction of sp³-hybridized carbons (Fsp3) is 0.318. The van der Waals surface area contributed by atoms with Crippen molar-refractivity contribution in [1.29, 1.82) is 0 Å². The molecule has 0 saturated carbocycles. The van der Waals surface area contributed by atoms with Gasteiger partial charge in [0.25, 0.3) is 5.91 Å². The molecule has 5 rings (SSSR count). The molecule has 1 aliphatic rings. The van der Waals surface area contributed by atoms with E-state index in [1.54, 1.807) is 10.9 Å². The van der Waals surface area contributed by atoms with Crippen molar-refractivity contribution in [1.82, 2.24) is 24.1 Å². The van der Waals surface area contributed by atoms with Crippen LogP contribution in [-0.2, 0) is 7.05 Å². The van der Waals surface area contributed by atoms with E-state index in [1.165, 1.54) is 0 Å². The Bertz CT molecular complexity index is 1220. The lowest BCUT2D eigenvalue weighted by Crippen LogP contribution is -2.18. The zero-order valence-electron chi connectivity index (χ0n) is 16.8. The lowest BCUT2D eigenvalue weighted by Gasteiger charge is -2.16. The van der Waals surface area contributed by atoms with Crippen LogP contribution in [0.15, 0.2) is 48.9 Å². The first-order valence-corrected chi connectivity index (χ1v) is 9.90. The zero-order chi connectivity index (χ0) is 20.1. The minimum Gasteiger partial charge on any atom is -0.321 e. The molecular formula is C22H24N6O. The summed E-state index contributed by atoms with van der Waals surface area (Å²) in [6.45, 7) is 3.38. The zero-order valence-corrected chi connectivity index (χ0v) is 16.8. The first-order chi connectivity index (χ1) is 14.0. The quantitative estimate of drug-likeness (QED) is 0.583. The average molecular weight is 388 g/mol. The van der Waals surface area contributed by atoms with Crippen molar-refractivity contribution in [2.45, 2.75) is 19.4 Å². The third kappa shape index (κ3) is 3.17. The summed E-state index contributed by atoms with van der Waals surface area (Å²) in [5, 5.41) is 8.17. The number of hydrogen-bond acceptors (Lipinski definition) is 4. The molecule has 2 unspecified atom stereocenters. The Kier molecular flexibility index (Phi) is 4.13. The van der Waals surface area contributed by atoms with Gasteiger partial charge in [0.1, 0.15) is 5.65 Å². The fourth-order valence-corrected chi connectivity index (χ4v) is 4.36. The van der Waals surface area contributed by atoms with Gasteiger partial charge >= 0.3 is 0 Å². The molecule has 0 aliphatic carbocycles. The number of imidazole rings is 1. The van der Waals surface area contributed by atoms with Gasteiger partial charge in [-0.2, -0.15) is 5.10 Å². The molecule has 4 aromatic rings. The van der Waals surface area contributed by atoms with Crippen LogP contribution in [0.4, 0.5) is 5.69 Å². The van der Waals surface area contributed by atoms with Crippen LogP contribution < -0.4 is 5.32 Å². The van der Waals surface area contributed by atoms with Crippen molar-refractivity contribution in [2.24, 2.45) is 13.0 Å². The van der Waals surface area contributed by atoms with E-state index in [0.717, 1.165) is 40.9 Å². The second kappa shape index (κ2) is 6.70. The maximum atomic E-state index is 12.7. The number of hydrogen-bond donors (Lipinski definition) is 1. The van der Waals surface area contributed by atoms with E-state index < -0.39 is 0 Å². The highest BCUT2D eigenvalue weighted by Gasteiger charge is 2.29. The molecule has 1 aliphatic heterocycles. The van der Waals surface area contributed by atoms with E-state index in [1.807, 2.05) is 48.0 Å². The summed E-state index contributed by atoms with van der Waals surface area (Å²) in [6.07, 6.45) is 6.89. The molecule has 1 N–H and O–H groups in total. The summed E-state index contributed by atoms with van der Waals surface area (Å²) in [4.78, 5) is 19.9. The second-order valence-electron chi connectivity index (χ2n) is 8.14. The molecule has 7 heteroatoms. The van der Waals surface area contributed by atoms with Crippen molar-refractivity contribution >= 4 is 28.1 Å². The number of anilines is 1. The van der Waals surface area contributed by atoms with Crippen LogP contribution in [0.25, 0.3) is 16.6 Å². The fourth-order valence-electron chi connectivity index (χ4n) is 4.36. The molecule has 0 bridgehead atoms. The molecule has 148 valence electrons. The number of amides is 1. The van der Waals surface area contributed by atoms with Gasteiger partial charge in [-0.3, -0.25) is 14.4 Å². The molecule has 1 saturated heterocycles. The van der Waals surface area contributed by atoms with Gasteiger partial charge in [-0.1, -0.05) is 6.92 Å². The third-order valence-electron chi connectivity index (χ3n) is 5.83. The van der Waals surface area contributed by atoms with Crippen molar-refractivity contribution in [3.63, 3.8) is 0 Å². The number of nitrogens with one attached hydrogen (secondary N) is 1. The van der Waals surface area contributed by atoms with Crippen molar-refractivity contribution < 1.29 is 4.79 Å². The highest BCUT2D eigenvalue weighted by molar-refractivity contribution is 6.06. The molecule has 4 heterocycles. The number of nitrogens with zero attached hydrogens (tertiary/aromatic N) is 5. The van der Waals surface area contributed by atoms with E-state index in [4.69, 9.17) is 4.98 Å². The minimum atomic E-state index is -0.139. The summed E-state index contributed by atoms with van der Waals surface area (Å²) in [7, 11) is 4.05. The van der Waals surface area contributed by atoms with Crippen molar-refractivity contribution in [3.8, 4) is 0 Å². The van der Waals surface area contributed by atoms with E-state index in [2.05, 4.69) is 35.5 Å². The third-order valence-corrected chi connectivity index (χ3v) is 5.83. The van der Waals surface area contributed by atoms with E-state index in [9.17, 15) is 4.79 Å². The first kappa shape index (κ1) is 17.9. The Morgan fingerprint density at radius 2 is 2.03 bits per heavy atom. The van der Waals surface area contributed by atoms with Gasteiger partial charge in [0, 0.05) is 36.9 Å². The number of fused-ring (bicyclic) bond motifs is 2. The van der Waals surface area contributed by atoms with Crippen LogP contribution in [-0.4, -0.2) is 43.6 Å². The van der Waals surface area contributed by atoms with E-state index in [-0.39, 0.29) is 5.91 Å². The molecule has 7 nitrogen and oxygen atoms in total. The van der Waals surface area contributed by atoms with Crippen LogP contribution in [0.3, 0.4) is 0 Å². The molecule has 0 radical (unpaired) electrons. The second-order valence-corrected chi connectivity index (χ2v) is 8.14. The molecule has 2 atom stereocenters. The monoisotopic (exact) mass is 388 g/mol. The molecule has 29 heavy (non-hydrogen) atoms. The summed E-state index contributed by atoms with van der Waals surface area (Å²) in [6, 6.07) is 9.80. The number of likely N-dealkylation sites (tertiary alicyclic amines) is 1. The molecule has 1 amide bonds. The van der Waals surface area contributed by atoms with Gasteiger partial charge in [0.2, 0.25) is 0 Å². The van der Waals surface area contributed by atoms with Gasteiger partial charge in [-0.15, -0.1) is 0 Å². The van der Waals surface area contributed by atoms with Crippen molar-refractivity contribution in [2.75, 3.05) is 18.9 Å². The number of pyridine rings is 1. The van der Waals surface area contributed by atoms with Crippen LogP contribution in [0.1, 0.15) is 35.4 Å². The predicted octanol–water partition coefficient (Wildman–Crippen LogP) is 3.49. The van der Waals surface area contributed by atoms with Crippen molar-refractivity contribution in [3.05, 3.63) is 60.2 Å². The van der Waals surface area contributed by atoms with Crippen LogP contribution in [0.2, 0.25) is 0 Å². The highest BCUT2D eigenvalue weighted by Crippen LogP contribution is 2.33. The summed E-state index contributed by atoms with van der Waals surface area (Å²) >= 11 is 0. The van der Waals surface area contributed by atoms with Crippen LogP contribution >= 0.6 is 0 Å². The molecule has 0 spiro atoms. The maximum absolute atomic E-state index is 12.7. The normalized spacial score (nSPS) is 20.0. The van der Waals surface area contributed by atoms with E-state index in [0.29, 0.717) is 17.5 Å². The number of rotatable bonds is 3. The maximum Gasteiger partial charge on any atom is 0.255 e. The SMILES string of the molecule is CC1CC(c2cn3cc(NC(=O)c4ccc5c(cnn5C)c4)ccc3n2)N(C)C1. The molecule has 1 aromatic carbocycles. The number of carbonyl (C=O) groups is 1. The van der Waals surface area contributed by atoms with Crippen LogP contribution in [0.5, 0.6) is 0 Å². The summed E-state index contributed by atoms with van der Waals surface area (Å²) < 4.78 is 3.79. The van der Waals surface area contributed by atoms with Gasteiger partial charge in [0.05, 0.1) is 29.1 Å². The van der Waals surface area contributed by atoms with Gasteiger partial charge in [0.15, 0.2) is 0 Å². The summed E-state index contributed by atoms with van der Waals surface area (Å²) in [5.41, 5.74) is 4.33.